The second-order valence-corrected chi connectivity index (χ2v) is 7.48. The Labute approximate surface area is 156 Å². The number of aryl methyl sites for hydroxylation is 2. The third kappa shape index (κ3) is 6.38. The molecular weight excluding hydrogens is 352 g/mol. The van der Waals surface area contributed by atoms with Crippen LogP contribution >= 0.6 is 0 Å². The van der Waals surface area contributed by atoms with Gasteiger partial charge in [-0.2, -0.15) is 0 Å². The van der Waals surface area contributed by atoms with Gasteiger partial charge in [-0.05, 0) is 39.3 Å². The van der Waals surface area contributed by atoms with Crippen LogP contribution in [0.3, 0.4) is 0 Å². The van der Waals surface area contributed by atoms with Crippen LogP contribution in [-0.2, 0) is 26.1 Å². The molecule has 0 bridgehead atoms. The first kappa shape index (κ1) is 20.3. The average Bonchev–Trinajstić information content (AvgIpc) is 2.95. The number of nitrogens with zero attached hydrogens (tertiary/aromatic N) is 1. The van der Waals surface area contributed by atoms with Gasteiger partial charge in [0.25, 0.3) is 0 Å². The highest BCUT2D eigenvalue weighted by Crippen LogP contribution is 2.23. The lowest BCUT2D eigenvalue weighted by Gasteiger charge is -2.05. The van der Waals surface area contributed by atoms with Crippen molar-refractivity contribution in [2.24, 2.45) is 0 Å². The van der Waals surface area contributed by atoms with Crippen molar-refractivity contribution >= 4 is 16.7 Å². The molecule has 7 heteroatoms. The fraction of sp³-hybridized carbons (Fsp3) is 0.474. The summed E-state index contributed by atoms with van der Waals surface area (Å²) in [6, 6.07) is 7.86. The van der Waals surface area contributed by atoms with E-state index in [4.69, 9.17) is 9.15 Å². The van der Waals surface area contributed by atoms with Crippen molar-refractivity contribution in [1.29, 1.82) is 0 Å². The van der Waals surface area contributed by atoms with E-state index in [0.29, 0.717) is 37.1 Å². The van der Waals surface area contributed by atoms with Gasteiger partial charge in [-0.15, -0.1) is 0 Å². The molecule has 1 heterocycles. The minimum Gasteiger partial charge on any atom is -0.441 e. The van der Waals surface area contributed by atoms with Crippen LogP contribution in [0.25, 0.3) is 11.5 Å². The van der Waals surface area contributed by atoms with E-state index in [2.05, 4.69) is 10.3 Å². The molecule has 2 aromatic rings. The van der Waals surface area contributed by atoms with Crippen molar-refractivity contribution in [3.05, 3.63) is 41.3 Å². The molecular formula is C19H26N2O4S. The minimum atomic E-state index is -1.33. The summed E-state index contributed by atoms with van der Waals surface area (Å²) in [5.74, 6) is 1.08. The lowest BCUT2D eigenvalue weighted by Crippen LogP contribution is -2.30. The number of carbonyl (C=O) groups excluding carboxylic acids is 1. The van der Waals surface area contributed by atoms with Crippen LogP contribution in [0.4, 0.5) is 0 Å². The molecule has 1 aromatic heterocycles. The largest absolute Gasteiger partial charge is 0.441 e. The Hall–Kier alpha value is -1.99. The molecule has 1 amide bonds. The summed E-state index contributed by atoms with van der Waals surface area (Å²) in [6.07, 6.45) is 0.745. The predicted molar refractivity (Wildman–Crippen MR) is 102 cm³/mol. The maximum atomic E-state index is 12.3. The SMILES string of the molecule is CCOCCCNC(=O)C[S@](=O)Cc1nc(-c2cccc(C)c2)oc1C. The van der Waals surface area contributed by atoms with Gasteiger partial charge in [0, 0.05) is 36.1 Å². The summed E-state index contributed by atoms with van der Waals surface area (Å²) in [5.41, 5.74) is 2.63. The third-order valence-corrected chi connectivity index (χ3v) is 4.92. The van der Waals surface area contributed by atoms with E-state index in [1.165, 1.54) is 0 Å². The fourth-order valence-electron chi connectivity index (χ4n) is 2.41. The Morgan fingerprint density at radius 3 is 2.88 bits per heavy atom. The Bertz CT molecular complexity index is 758. The molecule has 0 saturated carbocycles. The maximum absolute atomic E-state index is 12.3. The number of hydrogen-bond donors (Lipinski definition) is 1. The van der Waals surface area contributed by atoms with E-state index in [0.717, 1.165) is 17.5 Å². The predicted octanol–water partition coefficient (Wildman–Crippen LogP) is 2.75. The van der Waals surface area contributed by atoms with E-state index < -0.39 is 10.8 Å². The summed E-state index contributed by atoms with van der Waals surface area (Å²) < 4.78 is 23.2. The Morgan fingerprint density at radius 1 is 1.35 bits per heavy atom. The van der Waals surface area contributed by atoms with Crippen molar-refractivity contribution in [2.45, 2.75) is 32.9 Å². The molecule has 0 spiro atoms. The van der Waals surface area contributed by atoms with Crippen LogP contribution in [0.15, 0.2) is 28.7 Å². The van der Waals surface area contributed by atoms with Gasteiger partial charge in [0.05, 0.1) is 11.4 Å². The number of carbonyl (C=O) groups is 1. The zero-order valence-corrected chi connectivity index (χ0v) is 16.4. The van der Waals surface area contributed by atoms with Gasteiger partial charge in [-0.3, -0.25) is 9.00 Å². The van der Waals surface area contributed by atoms with Gasteiger partial charge < -0.3 is 14.5 Å². The molecule has 1 aromatic carbocycles. The highest BCUT2D eigenvalue weighted by Gasteiger charge is 2.16. The van der Waals surface area contributed by atoms with Crippen LogP contribution in [0.1, 0.15) is 30.4 Å². The first-order valence-corrected chi connectivity index (χ1v) is 10.2. The number of aromatic nitrogens is 1. The quantitative estimate of drug-likeness (QED) is 0.643. The Kier molecular flexibility index (Phi) is 8.00. The topological polar surface area (TPSA) is 81.4 Å². The standard InChI is InChI=1S/C19H26N2O4S/c1-4-24-10-6-9-20-18(22)13-26(23)12-17-15(3)25-19(21-17)16-8-5-7-14(2)11-16/h5,7-8,11H,4,6,9-10,12-13H2,1-3H3,(H,20,22)/t26-/m1/s1. The van der Waals surface area contributed by atoms with Gasteiger partial charge in [0.15, 0.2) is 0 Å². The molecule has 26 heavy (non-hydrogen) atoms. The first-order valence-electron chi connectivity index (χ1n) is 8.72. The van der Waals surface area contributed by atoms with Gasteiger partial charge in [-0.1, -0.05) is 17.7 Å². The molecule has 0 aliphatic rings. The molecule has 0 aliphatic heterocycles. The zero-order valence-electron chi connectivity index (χ0n) is 15.5. The van der Waals surface area contributed by atoms with E-state index in [1.54, 1.807) is 6.92 Å². The molecule has 0 unspecified atom stereocenters. The van der Waals surface area contributed by atoms with Gasteiger partial charge in [-0.25, -0.2) is 4.98 Å². The van der Waals surface area contributed by atoms with Gasteiger partial charge in [0.1, 0.15) is 11.5 Å². The number of hydrogen-bond acceptors (Lipinski definition) is 5. The summed E-state index contributed by atoms with van der Waals surface area (Å²) in [7, 11) is -1.33. The smallest absolute Gasteiger partial charge is 0.232 e. The van der Waals surface area contributed by atoms with Crippen LogP contribution in [0, 0.1) is 13.8 Å². The van der Waals surface area contributed by atoms with Gasteiger partial charge in [0.2, 0.25) is 11.8 Å². The van der Waals surface area contributed by atoms with Gasteiger partial charge >= 0.3 is 0 Å². The highest BCUT2D eigenvalue weighted by atomic mass is 32.2. The first-order chi connectivity index (χ1) is 12.5. The molecule has 0 aliphatic carbocycles. The Balaban J connectivity index is 1.86. The number of ether oxygens (including phenoxy) is 1. The van der Waals surface area contributed by atoms with Crippen molar-refractivity contribution in [2.75, 3.05) is 25.5 Å². The minimum absolute atomic E-state index is 0.0410. The lowest BCUT2D eigenvalue weighted by molar-refractivity contribution is -0.118. The normalized spacial score (nSPS) is 12.1. The van der Waals surface area contributed by atoms with E-state index >= 15 is 0 Å². The number of nitrogens with one attached hydrogen (secondary N) is 1. The zero-order chi connectivity index (χ0) is 18.9. The second-order valence-electron chi connectivity index (χ2n) is 6.02. The molecule has 1 atom stereocenters. The number of rotatable bonds is 10. The molecule has 0 fully saturated rings. The molecule has 1 N–H and O–H groups in total. The average molecular weight is 378 g/mol. The molecule has 0 saturated heterocycles. The number of oxazole rings is 1. The molecule has 142 valence electrons. The summed E-state index contributed by atoms with van der Waals surface area (Å²) in [4.78, 5) is 16.3. The summed E-state index contributed by atoms with van der Waals surface area (Å²) in [5, 5.41) is 2.75. The van der Waals surface area contributed by atoms with Crippen molar-refractivity contribution in [3.63, 3.8) is 0 Å². The van der Waals surface area contributed by atoms with Crippen LogP contribution in [0.5, 0.6) is 0 Å². The van der Waals surface area contributed by atoms with E-state index in [1.807, 2.05) is 38.1 Å². The molecule has 0 radical (unpaired) electrons. The monoisotopic (exact) mass is 378 g/mol. The van der Waals surface area contributed by atoms with Crippen LogP contribution in [-0.4, -0.2) is 40.6 Å². The van der Waals surface area contributed by atoms with Crippen LogP contribution in [0.2, 0.25) is 0 Å². The van der Waals surface area contributed by atoms with Crippen molar-refractivity contribution < 1.29 is 18.2 Å². The highest BCUT2D eigenvalue weighted by molar-refractivity contribution is 7.84. The molecule has 6 nitrogen and oxygen atoms in total. The second kappa shape index (κ2) is 10.2. The van der Waals surface area contributed by atoms with Crippen molar-refractivity contribution in [3.8, 4) is 11.5 Å². The summed E-state index contributed by atoms with van der Waals surface area (Å²) >= 11 is 0. The number of amides is 1. The maximum Gasteiger partial charge on any atom is 0.232 e. The van der Waals surface area contributed by atoms with Crippen LogP contribution < -0.4 is 5.32 Å². The molecule has 2 rings (SSSR count). The summed E-state index contributed by atoms with van der Waals surface area (Å²) in [6.45, 7) is 7.53. The van der Waals surface area contributed by atoms with E-state index in [9.17, 15) is 9.00 Å². The number of benzene rings is 1. The van der Waals surface area contributed by atoms with E-state index in [-0.39, 0.29) is 17.4 Å². The fourth-order valence-corrected chi connectivity index (χ4v) is 3.48. The Morgan fingerprint density at radius 2 is 2.15 bits per heavy atom. The van der Waals surface area contributed by atoms with Crippen molar-refractivity contribution in [1.82, 2.24) is 10.3 Å². The lowest BCUT2D eigenvalue weighted by atomic mass is 10.1. The third-order valence-electron chi connectivity index (χ3n) is 3.74.